The molecule has 1 saturated heterocycles. The molecule has 1 unspecified atom stereocenters. The predicted octanol–water partition coefficient (Wildman–Crippen LogP) is 4.23. The van der Waals surface area contributed by atoms with Crippen molar-refractivity contribution in [2.45, 2.75) is 18.1 Å². The molecule has 5 rings (SSSR count). The summed E-state index contributed by atoms with van der Waals surface area (Å²) < 4.78 is 55.1. The summed E-state index contributed by atoms with van der Waals surface area (Å²) in [5, 5.41) is 7.35. The Kier molecular flexibility index (Phi) is 6.65. The van der Waals surface area contributed by atoms with Crippen molar-refractivity contribution in [2.24, 2.45) is 10.7 Å². The fraction of sp³-hybridized carbons (Fsp3) is 0.308. The number of amidine groups is 1. The molecule has 11 heteroatoms. The number of para-hydroxylation sites is 1. The number of nitrogens with one attached hydrogen (secondary N) is 1. The number of aromatic nitrogens is 2. The summed E-state index contributed by atoms with van der Waals surface area (Å²) in [4.78, 5) is 6.30. The quantitative estimate of drug-likeness (QED) is 0.532. The number of morpholine rings is 1. The van der Waals surface area contributed by atoms with Crippen molar-refractivity contribution < 1.29 is 22.6 Å². The third-order valence-corrected chi connectivity index (χ3v) is 6.56. The number of nitrogens with two attached hydrogens (primary N) is 1. The molecule has 8 nitrogen and oxygen atoms in total. The minimum atomic E-state index is -4.68. The maximum absolute atomic E-state index is 14.2. The van der Waals surface area contributed by atoms with Gasteiger partial charge in [-0.25, -0.2) is 9.67 Å². The van der Waals surface area contributed by atoms with Crippen LogP contribution in [-0.4, -0.2) is 55.2 Å². The summed E-state index contributed by atoms with van der Waals surface area (Å²) in [7, 11) is 1.54. The van der Waals surface area contributed by atoms with E-state index in [1.54, 1.807) is 49.8 Å². The Morgan fingerprint density at radius 3 is 2.59 bits per heavy atom. The monoisotopic (exact) mass is 512 g/mol. The van der Waals surface area contributed by atoms with Crippen LogP contribution in [0.1, 0.15) is 12.0 Å². The Morgan fingerprint density at radius 2 is 1.89 bits per heavy atom. The topological polar surface area (TPSA) is 89.9 Å². The van der Waals surface area contributed by atoms with Gasteiger partial charge in [-0.1, -0.05) is 18.2 Å². The van der Waals surface area contributed by atoms with Gasteiger partial charge in [0.15, 0.2) is 0 Å². The second-order valence-electron chi connectivity index (χ2n) is 8.84. The summed E-state index contributed by atoms with van der Waals surface area (Å²) in [5.41, 5.74) is 6.10. The maximum atomic E-state index is 14.2. The lowest BCUT2D eigenvalue weighted by Crippen LogP contribution is -2.48. The number of methoxy groups -OCH3 is 1. The Bertz CT molecular complexity index is 1320. The van der Waals surface area contributed by atoms with Crippen LogP contribution in [0.2, 0.25) is 0 Å². The van der Waals surface area contributed by atoms with Gasteiger partial charge >= 0.3 is 6.18 Å². The standard InChI is InChI=1S/C26H27F3N6O2/c1-36-22-15-18(34-11-13-37-14-12-34)7-8-20(22)33-24-16-25(30,23(17-31-24)26(27,28)29)19-5-2-3-6-21(19)35-10-4-9-32-35/h2-10,15,17H,11-14,16,30H2,1H3,(H,31,33). The summed E-state index contributed by atoms with van der Waals surface area (Å²) in [5.74, 6) is 0.819. The maximum Gasteiger partial charge on any atom is 0.416 e. The minimum Gasteiger partial charge on any atom is -0.494 e. The Hall–Kier alpha value is -3.83. The largest absolute Gasteiger partial charge is 0.494 e. The molecule has 0 aliphatic carbocycles. The SMILES string of the molecule is COc1cc(N2CCOCC2)ccc1NC1=NC=C(C(F)(F)F)C(N)(c2ccccc2-n2cccn2)C1. The molecule has 3 aromatic rings. The molecule has 2 aliphatic rings. The minimum absolute atomic E-state index is 0.217. The second-order valence-corrected chi connectivity index (χ2v) is 8.84. The number of ether oxygens (including phenoxy) is 2. The number of benzene rings is 2. The van der Waals surface area contributed by atoms with Crippen molar-refractivity contribution in [1.29, 1.82) is 0 Å². The van der Waals surface area contributed by atoms with Gasteiger partial charge in [-0.3, -0.25) is 0 Å². The molecule has 1 fully saturated rings. The molecule has 0 saturated carbocycles. The zero-order valence-electron chi connectivity index (χ0n) is 20.2. The first kappa shape index (κ1) is 24.8. The number of alkyl halides is 3. The van der Waals surface area contributed by atoms with Crippen LogP contribution in [0.15, 0.2) is 77.7 Å². The first-order valence-corrected chi connectivity index (χ1v) is 11.8. The van der Waals surface area contributed by atoms with Crippen LogP contribution in [0.5, 0.6) is 5.75 Å². The molecule has 3 heterocycles. The van der Waals surface area contributed by atoms with E-state index in [0.717, 1.165) is 25.0 Å². The number of anilines is 2. The van der Waals surface area contributed by atoms with Gasteiger partial charge in [0, 0.05) is 55.4 Å². The third-order valence-electron chi connectivity index (χ3n) is 6.56. The molecule has 1 atom stereocenters. The van der Waals surface area contributed by atoms with E-state index >= 15 is 0 Å². The molecule has 0 radical (unpaired) electrons. The molecule has 194 valence electrons. The summed E-state index contributed by atoms with van der Waals surface area (Å²) in [6.45, 7) is 2.81. The summed E-state index contributed by atoms with van der Waals surface area (Å²) in [6, 6.07) is 14.0. The van der Waals surface area contributed by atoms with Gasteiger partial charge in [0.25, 0.3) is 0 Å². The molecule has 2 aliphatic heterocycles. The fourth-order valence-corrected chi connectivity index (χ4v) is 4.72. The highest BCUT2D eigenvalue weighted by Gasteiger charge is 2.50. The molecule has 0 amide bonds. The van der Waals surface area contributed by atoms with Gasteiger partial charge in [-0.2, -0.15) is 18.3 Å². The number of aliphatic imine (C=N–C) groups is 1. The van der Waals surface area contributed by atoms with Crippen molar-refractivity contribution in [1.82, 2.24) is 9.78 Å². The van der Waals surface area contributed by atoms with E-state index in [0.29, 0.717) is 30.3 Å². The van der Waals surface area contributed by atoms with Crippen molar-refractivity contribution in [3.05, 3.63) is 78.3 Å². The van der Waals surface area contributed by atoms with Crippen LogP contribution >= 0.6 is 0 Å². The lowest BCUT2D eigenvalue weighted by atomic mass is 9.78. The smallest absolute Gasteiger partial charge is 0.416 e. The molecular formula is C26H27F3N6O2. The van der Waals surface area contributed by atoms with Crippen LogP contribution in [-0.2, 0) is 10.3 Å². The van der Waals surface area contributed by atoms with E-state index < -0.39 is 17.3 Å². The summed E-state index contributed by atoms with van der Waals surface area (Å²) >= 11 is 0. The van der Waals surface area contributed by atoms with E-state index in [1.165, 1.54) is 4.68 Å². The van der Waals surface area contributed by atoms with Crippen LogP contribution in [0.3, 0.4) is 0 Å². The molecular weight excluding hydrogens is 485 g/mol. The van der Waals surface area contributed by atoms with Crippen LogP contribution < -0.4 is 20.7 Å². The van der Waals surface area contributed by atoms with Gasteiger partial charge in [0.2, 0.25) is 0 Å². The van der Waals surface area contributed by atoms with Gasteiger partial charge in [0.05, 0.1) is 42.8 Å². The lowest BCUT2D eigenvalue weighted by Gasteiger charge is -2.37. The third kappa shape index (κ3) is 4.92. The molecule has 37 heavy (non-hydrogen) atoms. The Balaban J connectivity index is 1.50. The fourth-order valence-electron chi connectivity index (χ4n) is 4.72. The van der Waals surface area contributed by atoms with Crippen molar-refractivity contribution in [3.63, 3.8) is 0 Å². The average Bonchev–Trinajstić information content (AvgIpc) is 3.44. The number of halogens is 3. The molecule has 1 aromatic heterocycles. The van der Waals surface area contributed by atoms with Crippen molar-refractivity contribution in [3.8, 4) is 11.4 Å². The second kappa shape index (κ2) is 9.91. The Morgan fingerprint density at radius 1 is 1.11 bits per heavy atom. The number of hydrogen-bond donors (Lipinski definition) is 2. The zero-order chi connectivity index (χ0) is 26.0. The van der Waals surface area contributed by atoms with E-state index in [9.17, 15) is 13.2 Å². The number of rotatable bonds is 5. The highest BCUT2D eigenvalue weighted by Crippen LogP contribution is 2.45. The Labute approximate surface area is 212 Å². The van der Waals surface area contributed by atoms with E-state index in [1.807, 2.05) is 18.2 Å². The van der Waals surface area contributed by atoms with Crippen molar-refractivity contribution in [2.75, 3.05) is 43.6 Å². The lowest BCUT2D eigenvalue weighted by molar-refractivity contribution is -0.101. The molecule has 3 N–H and O–H groups in total. The van der Waals surface area contributed by atoms with E-state index in [2.05, 4.69) is 20.3 Å². The van der Waals surface area contributed by atoms with Gasteiger partial charge < -0.3 is 25.4 Å². The molecule has 0 spiro atoms. The molecule has 2 aromatic carbocycles. The highest BCUT2D eigenvalue weighted by atomic mass is 19.4. The van der Waals surface area contributed by atoms with E-state index in [4.69, 9.17) is 15.2 Å². The highest BCUT2D eigenvalue weighted by molar-refractivity contribution is 5.99. The zero-order valence-corrected chi connectivity index (χ0v) is 20.2. The van der Waals surface area contributed by atoms with Gasteiger partial charge in [0.1, 0.15) is 11.6 Å². The van der Waals surface area contributed by atoms with Gasteiger partial charge in [-0.05, 0) is 24.3 Å². The van der Waals surface area contributed by atoms with Crippen LogP contribution in [0.4, 0.5) is 24.5 Å². The predicted molar refractivity (Wildman–Crippen MR) is 135 cm³/mol. The van der Waals surface area contributed by atoms with E-state index in [-0.39, 0.29) is 17.8 Å². The van der Waals surface area contributed by atoms with Crippen molar-refractivity contribution >= 4 is 17.2 Å². The van der Waals surface area contributed by atoms with Crippen LogP contribution in [0, 0.1) is 0 Å². The first-order chi connectivity index (χ1) is 17.8. The van der Waals surface area contributed by atoms with Crippen LogP contribution in [0.25, 0.3) is 5.69 Å². The normalized spacial score (nSPS) is 20.3. The van der Waals surface area contributed by atoms with Gasteiger partial charge in [-0.15, -0.1) is 0 Å². The number of hydrogen-bond acceptors (Lipinski definition) is 7. The summed E-state index contributed by atoms with van der Waals surface area (Å²) in [6.07, 6.45) is -0.872. The first-order valence-electron chi connectivity index (χ1n) is 11.8. The molecule has 0 bridgehead atoms. The number of nitrogens with zero attached hydrogens (tertiary/aromatic N) is 4. The average molecular weight is 513 g/mol.